The summed E-state index contributed by atoms with van der Waals surface area (Å²) >= 11 is 0. The number of carbonyl (C=O) groups is 2. The van der Waals surface area contributed by atoms with Crippen LogP contribution in [0.25, 0.3) is 5.52 Å². The molecular formula is C12H13N5O3. The molecule has 1 unspecified atom stereocenters. The third kappa shape index (κ3) is 1.85. The summed E-state index contributed by atoms with van der Waals surface area (Å²) < 4.78 is 1.45. The van der Waals surface area contributed by atoms with Gasteiger partial charge in [0.2, 0.25) is 0 Å². The molecule has 3 rings (SSSR count). The van der Waals surface area contributed by atoms with Crippen molar-refractivity contribution < 1.29 is 14.7 Å². The Balaban J connectivity index is 1.90. The monoisotopic (exact) mass is 275 g/mol. The van der Waals surface area contributed by atoms with Crippen LogP contribution in [0.2, 0.25) is 0 Å². The van der Waals surface area contributed by atoms with Gasteiger partial charge in [0, 0.05) is 19.0 Å². The quantitative estimate of drug-likeness (QED) is 0.771. The van der Waals surface area contributed by atoms with Crippen LogP contribution >= 0.6 is 0 Å². The summed E-state index contributed by atoms with van der Waals surface area (Å²) in [6.45, 7) is 0.605. The van der Waals surface area contributed by atoms with Gasteiger partial charge in [0.1, 0.15) is 17.5 Å². The first-order chi connectivity index (χ1) is 9.58. The Hall–Kier alpha value is -2.64. The number of likely N-dealkylation sites (tertiary alicyclic amines) is 1. The number of carboxylic acid groups (broad SMARTS) is 1. The molecule has 3 heterocycles. The van der Waals surface area contributed by atoms with Gasteiger partial charge in [-0.1, -0.05) is 0 Å². The van der Waals surface area contributed by atoms with E-state index < -0.39 is 6.09 Å². The van der Waals surface area contributed by atoms with Gasteiger partial charge in [-0.25, -0.2) is 14.3 Å². The fourth-order valence-electron chi connectivity index (χ4n) is 2.50. The Kier molecular flexibility index (Phi) is 2.78. The van der Waals surface area contributed by atoms with Crippen molar-refractivity contribution in [1.82, 2.24) is 19.5 Å². The lowest BCUT2D eigenvalue weighted by atomic mass is 10.0. The maximum atomic E-state index is 12.5. The number of hydrogen-bond acceptors (Lipinski definition) is 5. The number of rotatable bonds is 2. The Morgan fingerprint density at radius 2 is 2.20 bits per heavy atom. The van der Waals surface area contributed by atoms with E-state index in [0.717, 1.165) is 0 Å². The van der Waals surface area contributed by atoms with Crippen LogP contribution in [0.5, 0.6) is 0 Å². The van der Waals surface area contributed by atoms with Crippen molar-refractivity contribution in [3.8, 4) is 0 Å². The topological polar surface area (TPSA) is 114 Å². The number of carbonyl (C=O) groups excluding carboxylic acids is 1. The average molecular weight is 275 g/mol. The van der Waals surface area contributed by atoms with Crippen molar-refractivity contribution in [2.45, 2.75) is 6.42 Å². The largest absolute Gasteiger partial charge is 0.465 e. The SMILES string of the molecule is Nc1ncnn2c(C(=O)C3CCN(C(=O)O)C3)ccc12. The summed E-state index contributed by atoms with van der Waals surface area (Å²) in [7, 11) is 0. The molecule has 1 fully saturated rings. The standard InChI is InChI=1S/C12H13N5O3/c13-11-9-2-1-8(17(9)15-6-14-11)10(18)7-3-4-16(5-7)12(19)20/h1-2,6-7H,3-5H2,(H,19,20)(H2,13,14,15). The van der Waals surface area contributed by atoms with Gasteiger partial charge >= 0.3 is 6.09 Å². The number of fused-ring (bicyclic) bond motifs is 1. The van der Waals surface area contributed by atoms with Crippen molar-refractivity contribution in [3.05, 3.63) is 24.2 Å². The Bertz CT molecular complexity index is 695. The molecule has 1 saturated heterocycles. The molecule has 0 radical (unpaired) electrons. The number of Topliss-reactive ketones (excluding diaryl/α,β-unsaturated/α-hetero) is 1. The first-order valence-corrected chi connectivity index (χ1v) is 6.18. The van der Waals surface area contributed by atoms with Crippen molar-refractivity contribution >= 4 is 23.2 Å². The molecule has 0 bridgehead atoms. The molecule has 1 amide bonds. The summed E-state index contributed by atoms with van der Waals surface area (Å²) in [5.74, 6) is -0.148. The number of anilines is 1. The minimum atomic E-state index is -0.994. The maximum absolute atomic E-state index is 12.5. The van der Waals surface area contributed by atoms with Crippen LogP contribution < -0.4 is 5.73 Å². The zero-order valence-electron chi connectivity index (χ0n) is 10.6. The summed E-state index contributed by atoms with van der Waals surface area (Å²) in [6.07, 6.45) is 0.822. The minimum absolute atomic E-state index is 0.119. The van der Waals surface area contributed by atoms with E-state index in [1.807, 2.05) is 0 Å². The van der Waals surface area contributed by atoms with Gasteiger partial charge in [-0.2, -0.15) is 5.10 Å². The fraction of sp³-hybridized carbons (Fsp3) is 0.333. The molecule has 1 atom stereocenters. The lowest BCUT2D eigenvalue weighted by Crippen LogP contribution is -2.28. The highest BCUT2D eigenvalue weighted by molar-refractivity contribution is 5.98. The van der Waals surface area contributed by atoms with E-state index in [2.05, 4.69) is 10.1 Å². The second kappa shape index (κ2) is 4.48. The van der Waals surface area contributed by atoms with E-state index >= 15 is 0 Å². The molecule has 0 spiro atoms. The first-order valence-electron chi connectivity index (χ1n) is 6.18. The first kappa shape index (κ1) is 12.4. The highest BCUT2D eigenvalue weighted by atomic mass is 16.4. The van der Waals surface area contributed by atoms with Crippen LogP contribution in [0.4, 0.5) is 10.6 Å². The van der Waals surface area contributed by atoms with Crippen LogP contribution in [0.1, 0.15) is 16.9 Å². The molecule has 104 valence electrons. The normalized spacial score (nSPS) is 18.6. The number of ketones is 1. The molecule has 1 aliphatic heterocycles. The maximum Gasteiger partial charge on any atom is 0.407 e. The summed E-state index contributed by atoms with van der Waals surface area (Å²) in [5.41, 5.74) is 6.70. The van der Waals surface area contributed by atoms with Crippen molar-refractivity contribution in [2.75, 3.05) is 18.8 Å². The smallest absolute Gasteiger partial charge is 0.407 e. The molecule has 20 heavy (non-hydrogen) atoms. The lowest BCUT2D eigenvalue weighted by Gasteiger charge is -2.11. The van der Waals surface area contributed by atoms with E-state index in [4.69, 9.17) is 10.8 Å². The van der Waals surface area contributed by atoms with Gasteiger partial charge in [0.25, 0.3) is 0 Å². The van der Waals surface area contributed by atoms with Gasteiger partial charge in [0.05, 0.1) is 0 Å². The second-order valence-electron chi connectivity index (χ2n) is 4.74. The molecule has 0 aromatic carbocycles. The molecule has 8 heteroatoms. The van der Waals surface area contributed by atoms with Crippen LogP contribution in [0, 0.1) is 5.92 Å². The van der Waals surface area contributed by atoms with Crippen LogP contribution in [-0.4, -0.2) is 49.6 Å². The van der Waals surface area contributed by atoms with E-state index in [1.54, 1.807) is 12.1 Å². The zero-order chi connectivity index (χ0) is 14.3. The third-order valence-electron chi connectivity index (χ3n) is 3.56. The highest BCUT2D eigenvalue weighted by Crippen LogP contribution is 2.22. The average Bonchev–Trinajstić information content (AvgIpc) is 3.05. The summed E-state index contributed by atoms with van der Waals surface area (Å²) in [5, 5.41) is 12.9. The summed E-state index contributed by atoms with van der Waals surface area (Å²) in [4.78, 5) is 28.5. The van der Waals surface area contributed by atoms with Gasteiger partial charge in [-0.05, 0) is 18.6 Å². The van der Waals surface area contributed by atoms with E-state index in [0.29, 0.717) is 30.0 Å². The molecule has 8 nitrogen and oxygen atoms in total. The van der Waals surface area contributed by atoms with Gasteiger partial charge < -0.3 is 15.7 Å². The van der Waals surface area contributed by atoms with Gasteiger partial charge in [0.15, 0.2) is 11.6 Å². The third-order valence-corrected chi connectivity index (χ3v) is 3.56. The van der Waals surface area contributed by atoms with Crippen molar-refractivity contribution in [3.63, 3.8) is 0 Å². The molecule has 0 aliphatic carbocycles. The number of hydrogen-bond donors (Lipinski definition) is 2. The second-order valence-corrected chi connectivity index (χ2v) is 4.74. The Morgan fingerprint density at radius 3 is 2.90 bits per heavy atom. The van der Waals surface area contributed by atoms with E-state index in [9.17, 15) is 9.59 Å². The number of nitrogens with two attached hydrogens (primary N) is 1. The molecule has 3 N–H and O–H groups in total. The minimum Gasteiger partial charge on any atom is -0.465 e. The lowest BCUT2D eigenvalue weighted by molar-refractivity contribution is 0.0915. The number of nitrogens with zero attached hydrogens (tertiary/aromatic N) is 4. The number of aromatic nitrogens is 3. The Morgan fingerprint density at radius 1 is 1.40 bits per heavy atom. The molecular weight excluding hydrogens is 262 g/mol. The Labute approximate surface area is 113 Å². The van der Waals surface area contributed by atoms with E-state index in [-0.39, 0.29) is 18.2 Å². The van der Waals surface area contributed by atoms with Gasteiger partial charge in [-0.3, -0.25) is 4.79 Å². The van der Waals surface area contributed by atoms with Crippen LogP contribution in [-0.2, 0) is 0 Å². The predicted molar refractivity (Wildman–Crippen MR) is 69.4 cm³/mol. The summed E-state index contributed by atoms with van der Waals surface area (Å²) in [6, 6.07) is 3.33. The molecule has 0 saturated carbocycles. The van der Waals surface area contributed by atoms with Crippen molar-refractivity contribution in [1.29, 1.82) is 0 Å². The van der Waals surface area contributed by atoms with E-state index in [1.165, 1.54) is 15.7 Å². The predicted octanol–water partition coefficient (Wildman–Crippen LogP) is 0.494. The number of amides is 1. The molecule has 2 aromatic rings. The fourth-order valence-corrected chi connectivity index (χ4v) is 2.50. The molecule has 1 aliphatic rings. The number of nitrogen functional groups attached to an aromatic ring is 1. The zero-order valence-corrected chi connectivity index (χ0v) is 10.6. The highest BCUT2D eigenvalue weighted by Gasteiger charge is 2.32. The molecule has 2 aromatic heterocycles. The van der Waals surface area contributed by atoms with Crippen molar-refractivity contribution in [2.24, 2.45) is 5.92 Å². The van der Waals surface area contributed by atoms with Crippen LogP contribution in [0.15, 0.2) is 18.5 Å². The van der Waals surface area contributed by atoms with Crippen LogP contribution in [0.3, 0.4) is 0 Å². The van der Waals surface area contributed by atoms with Gasteiger partial charge in [-0.15, -0.1) is 0 Å².